The normalized spacial score (nSPS) is 24.4. The van der Waals surface area contributed by atoms with E-state index in [2.05, 4.69) is 4.99 Å². The third-order valence-corrected chi connectivity index (χ3v) is 6.12. The average molecular weight is 275 g/mol. The zero-order valence-electron chi connectivity index (χ0n) is 10.5. The summed E-state index contributed by atoms with van der Waals surface area (Å²) < 4.78 is 31.5. The highest BCUT2D eigenvalue weighted by Crippen LogP contribution is 2.30. The van der Waals surface area contributed by atoms with Gasteiger partial charge in [0.1, 0.15) is 6.73 Å². The lowest BCUT2D eigenvalue weighted by Crippen LogP contribution is -2.46. The van der Waals surface area contributed by atoms with Gasteiger partial charge in [0.05, 0.1) is 17.7 Å². The van der Waals surface area contributed by atoms with Crippen LogP contribution in [-0.4, -0.2) is 50.2 Å². The fourth-order valence-corrected chi connectivity index (χ4v) is 4.39. The molecule has 0 aromatic heterocycles. The van der Waals surface area contributed by atoms with Crippen LogP contribution in [0.15, 0.2) is 4.99 Å². The van der Waals surface area contributed by atoms with Gasteiger partial charge < -0.3 is 10.5 Å². The molecule has 2 rings (SSSR count). The van der Waals surface area contributed by atoms with E-state index in [9.17, 15) is 8.42 Å². The summed E-state index contributed by atoms with van der Waals surface area (Å²) in [4.78, 5) is 3.78. The number of nitrogens with two attached hydrogens (primary N) is 1. The number of hydrogen-bond acceptors (Lipinski definition) is 4. The maximum atomic E-state index is 12.2. The Labute approximate surface area is 108 Å². The van der Waals surface area contributed by atoms with Gasteiger partial charge in [0.15, 0.2) is 0 Å². The molecule has 0 aromatic rings. The molecule has 7 heteroatoms. The highest BCUT2D eigenvalue weighted by atomic mass is 32.2. The maximum Gasteiger partial charge on any atom is 0.216 e. The number of piperidine rings is 1. The maximum absolute atomic E-state index is 12.2. The van der Waals surface area contributed by atoms with E-state index >= 15 is 0 Å². The second-order valence-electron chi connectivity index (χ2n) is 4.82. The fraction of sp³-hybridized carbons (Fsp3) is 0.909. The molecule has 0 atom stereocenters. The third-order valence-electron chi connectivity index (χ3n) is 3.72. The molecule has 18 heavy (non-hydrogen) atoms. The summed E-state index contributed by atoms with van der Waals surface area (Å²) in [5.41, 5.74) is 5.12. The molecule has 0 aromatic carbocycles. The summed E-state index contributed by atoms with van der Waals surface area (Å²) in [6, 6.07) is 0. The Hall–Kier alpha value is -0.660. The lowest BCUT2D eigenvalue weighted by atomic mass is 10.0. The van der Waals surface area contributed by atoms with Crippen LogP contribution in [0.4, 0.5) is 0 Å². The molecule has 1 saturated carbocycles. The predicted molar refractivity (Wildman–Crippen MR) is 69.8 cm³/mol. The van der Waals surface area contributed by atoms with E-state index in [-0.39, 0.29) is 18.1 Å². The quantitative estimate of drug-likeness (QED) is 0.577. The highest BCUT2D eigenvalue weighted by molar-refractivity contribution is 7.89. The van der Waals surface area contributed by atoms with Crippen LogP contribution in [0.3, 0.4) is 0 Å². The molecule has 0 radical (unpaired) electrons. The number of nitrogens with zero attached hydrogens (tertiary/aromatic N) is 2. The Morgan fingerprint density at radius 3 is 2.44 bits per heavy atom. The number of sulfonamides is 1. The average Bonchev–Trinajstić information content (AvgIpc) is 2.27. The fourth-order valence-electron chi connectivity index (χ4n) is 2.32. The standard InChI is InChI=1S/C11H21N3O3S/c12-8-13-9-17-10-4-6-14(7-5-10)18(15,16)11-2-1-3-11/h8,10-11H,1-7,9H2,(H2,12,13). The molecule has 2 aliphatic rings. The van der Waals surface area contributed by atoms with E-state index < -0.39 is 10.0 Å². The van der Waals surface area contributed by atoms with Crippen LogP contribution in [0.5, 0.6) is 0 Å². The Kier molecular flexibility index (Phi) is 4.58. The molecular weight excluding hydrogens is 254 g/mol. The molecule has 0 bridgehead atoms. The number of hydrogen-bond donors (Lipinski definition) is 1. The Morgan fingerprint density at radius 1 is 1.28 bits per heavy atom. The molecule has 1 heterocycles. The van der Waals surface area contributed by atoms with Crippen LogP contribution in [0.2, 0.25) is 0 Å². The van der Waals surface area contributed by atoms with Crippen molar-refractivity contribution in [1.82, 2.24) is 4.31 Å². The summed E-state index contributed by atoms with van der Waals surface area (Å²) >= 11 is 0. The van der Waals surface area contributed by atoms with E-state index in [1.807, 2.05) is 0 Å². The molecule has 1 saturated heterocycles. The summed E-state index contributed by atoms with van der Waals surface area (Å²) in [6.45, 7) is 1.39. The van der Waals surface area contributed by atoms with Gasteiger partial charge in [0.25, 0.3) is 0 Å². The van der Waals surface area contributed by atoms with Gasteiger partial charge in [-0.2, -0.15) is 0 Å². The van der Waals surface area contributed by atoms with E-state index in [4.69, 9.17) is 10.5 Å². The minimum Gasteiger partial charge on any atom is -0.390 e. The van der Waals surface area contributed by atoms with Gasteiger partial charge in [-0.15, -0.1) is 0 Å². The van der Waals surface area contributed by atoms with Gasteiger partial charge in [0, 0.05) is 13.1 Å². The van der Waals surface area contributed by atoms with Crippen LogP contribution >= 0.6 is 0 Å². The molecule has 0 amide bonds. The summed E-state index contributed by atoms with van der Waals surface area (Å²) in [5.74, 6) is 0. The molecular formula is C11H21N3O3S. The smallest absolute Gasteiger partial charge is 0.216 e. The molecule has 0 spiro atoms. The predicted octanol–water partition coefficient (Wildman–Crippen LogP) is 0.294. The minimum absolute atomic E-state index is 0.0986. The first-order chi connectivity index (χ1) is 8.64. The molecule has 104 valence electrons. The molecule has 2 N–H and O–H groups in total. The van der Waals surface area contributed by atoms with Crippen molar-refractivity contribution in [2.75, 3.05) is 19.8 Å². The Morgan fingerprint density at radius 2 is 1.94 bits per heavy atom. The monoisotopic (exact) mass is 275 g/mol. The van der Waals surface area contributed by atoms with Gasteiger partial charge in [-0.3, -0.25) is 0 Å². The van der Waals surface area contributed by atoms with E-state index in [0.29, 0.717) is 13.1 Å². The molecule has 1 aliphatic carbocycles. The van der Waals surface area contributed by atoms with Crippen molar-refractivity contribution in [3.63, 3.8) is 0 Å². The van der Waals surface area contributed by atoms with Crippen LogP contribution in [-0.2, 0) is 14.8 Å². The van der Waals surface area contributed by atoms with Crippen LogP contribution in [0.25, 0.3) is 0 Å². The topological polar surface area (TPSA) is 85.0 Å². The highest BCUT2D eigenvalue weighted by Gasteiger charge is 2.37. The lowest BCUT2D eigenvalue weighted by molar-refractivity contribution is 0.0257. The summed E-state index contributed by atoms with van der Waals surface area (Å²) in [6.07, 6.45) is 5.49. The van der Waals surface area contributed by atoms with Crippen molar-refractivity contribution in [2.24, 2.45) is 10.7 Å². The SMILES string of the molecule is NC=NCOC1CCN(S(=O)(=O)C2CCC2)CC1. The van der Waals surface area contributed by atoms with Crippen LogP contribution < -0.4 is 5.73 Å². The van der Waals surface area contributed by atoms with Crippen molar-refractivity contribution in [3.05, 3.63) is 0 Å². The summed E-state index contributed by atoms with van der Waals surface area (Å²) in [5, 5.41) is -0.128. The van der Waals surface area contributed by atoms with Gasteiger partial charge in [0.2, 0.25) is 10.0 Å². The largest absolute Gasteiger partial charge is 0.390 e. The van der Waals surface area contributed by atoms with Crippen molar-refractivity contribution in [3.8, 4) is 0 Å². The first-order valence-corrected chi connectivity index (χ1v) is 7.95. The molecule has 1 aliphatic heterocycles. The number of aliphatic imine (C=N–C) groups is 1. The van der Waals surface area contributed by atoms with Gasteiger partial charge >= 0.3 is 0 Å². The Balaban J connectivity index is 1.79. The molecule has 2 fully saturated rings. The minimum atomic E-state index is -3.05. The molecule has 6 nitrogen and oxygen atoms in total. The van der Waals surface area contributed by atoms with Crippen molar-refractivity contribution < 1.29 is 13.2 Å². The van der Waals surface area contributed by atoms with Gasteiger partial charge in [-0.05, 0) is 25.7 Å². The zero-order chi connectivity index (χ0) is 13.0. The first-order valence-electron chi connectivity index (χ1n) is 6.45. The summed E-state index contributed by atoms with van der Waals surface area (Å²) in [7, 11) is -3.05. The van der Waals surface area contributed by atoms with E-state index in [1.54, 1.807) is 4.31 Å². The Bertz CT molecular complexity index is 384. The second-order valence-corrected chi connectivity index (χ2v) is 7.04. The van der Waals surface area contributed by atoms with Crippen LogP contribution in [0.1, 0.15) is 32.1 Å². The van der Waals surface area contributed by atoms with E-state index in [1.165, 1.54) is 6.34 Å². The van der Waals surface area contributed by atoms with Crippen molar-refractivity contribution >= 4 is 16.4 Å². The first kappa shape index (κ1) is 13.8. The lowest BCUT2D eigenvalue weighted by Gasteiger charge is -2.36. The zero-order valence-corrected chi connectivity index (χ0v) is 11.3. The van der Waals surface area contributed by atoms with Crippen LogP contribution in [0, 0.1) is 0 Å². The van der Waals surface area contributed by atoms with Crippen molar-refractivity contribution in [1.29, 1.82) is 0 Å². The van der Waals surface area contributed by atoms with E-state index in [0.717, 1.165) is 32.1 Å². The number of ether oxygens (including phenoxy) is 1. The number of rotatable bonds is 5. The molecule has 0 unspecified atom stereocenters. The van der Waals surface area contributed by atoms with Gasteiger partial charge in [-0.25, -0.2) is 17.7 Å². The third kappa shape index (κ3) is 3.02. The van der Waals surface area contributed by atoms with Crippen molar-refractivity contribution in [2.45, 2.75) is 43.5 Å². The van der Waals surface area contributed by atoms with Gasteiger partial charge in [-0.1, -0.05) is 6.42 Å². The second kappa shape index (κ2) is 5.99.